The Morgan fingerprint density at radius 3 is 2.62 bits per heavy atom. The van der Waals surface area contributed by atoms with Gasteiger partial charge in [-0.1, -0.05) is 26.7 Å². The van der Waals surface area contributed by atoms with Crippen molar-refractivity contribution in [2.45, 2.75) is 64.5 Å². The predicted octanol–water partition coefficient (Wildman–Crippen LogP) is 2.64. The van der Waals surface area contributed by atoms with Crippen molar-refractivity contribution in [1.82, 2.24) is 10.2 Å². The Morgan fingerprint density at radius 2 is 2.00 bits per heavy atom. The van der Waals surface area contributed by atoms with Crippen LogP contribution in [-0.2, 0) is 0 Å². The minimum atomic E-state index is 0.490. The molecule has 1 spiro atoms. The van der Waals surface area contributed by atoms with Gasteiger partial charge in [0.25, 0.3) is 0 Å². The van der Waals surface area contributed by atoms with Crippen LogP contribution in [0.25, 0.3) is 0 Å². The van der Waals surface area contributed by atoms with E-state index in [1.165, 1.54) is 51.7 Å². The normalized spacial score (nSPS) is 30.4. The monoisotopic (exact) mass is 224 g/mol. The summed E-state index contributed by atoms with van der Waals surface area (Å²) < 4.78 is 0. The van der Waals surface area contributed by atoms with Gasteiger partial charge < -0.3 is 5.32 Å². The number of hydrogen-bond donors (Lipinski definition) is 1. The highest BCUT2D eigenvalue weighted by molar-refractivity contribution is 5.00. The van der Waals surface area contributed by atoms with Crippen LogP contribution in [-0.4, -0.2) is 36.1 Å². The van der Waals surface area contributed by atoms with E-state index in [0.29, 0.717) is 5.54 Å². The summed E-state index contributed by atoms with van der Waals surface area (Å²) in [5, 5.41) is 3.82. The first-order chi connectivity index (χ1) is 7.61. The average Bonchev–Trinajstić information content (AvgIpc) is 2.68. The van der Waals surface area contributed by atoms with Crippen LogP contribution in [0.2, 0.25) is 0 Å². The van der Waals surface area contributed by atoms with Gasteiger partial charge in [-0.15, -0.1) is 0 Å². The van der Waals surface area contributed by atoms with Gasteiger partial charge in [0.2, 0.25) is 0 Å². The fourth-order valence-electron chi connectivity index (χ4n) is 3.20. The van der Waals surface area contributed by atoms with Crippen molar-refractivity contribution in [3.05, 3.63) is 0 Å². The van der Waals surface area contributed by atoms with Crippen molar-refractivity contribution in [2.75, 3.05) is 19.6 Å². The summed E-state index contributed by atoms with van der Waals surface area (Å²) in [4.78, 5) is 2.72. The Hall–Kier alpha value is -0.0800. The fraction of sp³-hybridized carbons (Fsp3) is 1.00. The van der Waals surface area contributed by atoms with E-state index < -0.39 is 0 Å². The minimum Gasteiger partial charge on any atom is -0.308 e. The second kappa shape index (κ2) is 5.05. The van der Waals surface area contributed by atoms with Crippen molar-refractivity contribution < 1.29 is 0 Å². The second-order valence-corrected chi connectivity index (χ2v) is 6.37. The number of rotatable bonds is 3. The minimum absolute atomic E-state index is 0.490. The highest BCUT2D eigenvalue weighted by atomic mass is 15.2. The topological polar surface area (TPSA) is 15.3 Å². The van der Waals surface area contributed by atoms with Crippen LogP contribution in [0.4, 0.5) is 0 Å². The van der Waals surface area contributed by atoms with Crippen molar-refractivity contribution in [2.24, 2.45) is 5.92 Å². The molecule has 1 aliphatic heterocycles. The number of nitrogens with zero attached hydrogens (tertiary/aromatic N) is 1. The molecule has 0 bridgehead atoms. The highest BCUT2D eigenvalue weighted by Crippen LogP contribution is 2.33. The Morgan fingerprint density at radius 1 is 1.31 bits per heavy atom. The summed E-state index contributed by atoms with van der Waals surface area (Å²) in [7, 11) is 0. The third-order valence-corrected chi connectivity index (χ3v) is 4.46. The van der Waals surface area contributed by atoms with Crippen molar-refractivity contribution in [1.29, 1.82) is 0 Å². The van der Waals surface area contributed by atoms with Crippen LogP contribution in [0.3, 0.4) is 0 Å². The van der Waals surface area contributed by atoms with Gasteiger partial charge in [-0.3, -0.25) is 4.90 Å². The zero-order valence-corrected chi connectivity index (χ0v) is 11.3. The molecule has 0 aromatic carbocycles. The van der Waals surface area contributed by atoms with E-state index in [2.05, 4.69) is 31.0 Å². The molecular formula is C14H28N2. The summed E-state index contributed by atoms with van der Waals surface area (Å²) >= 11 is 0. The van der Waals surface area contributed by atoms with E-state index in [0.717, 1.165) is 12.0 Å². The van der Waals surface area contributed by atoms with Gasteiger partial charge in [0.05, 0.1) is 0 Å². The van der Waals surface area contributed by atoms with Gasteiger partial charge in [-0.2, -0.15) is 0 Å². The molecule has 2 aliphatic rings. The molecule has 2 heteroatoms. The van der Waals surface area contributed by atoms with Crippen molar-refractivity contribution >= 4 is 0 Å². The summed E-state index contributed by atoms with van der Waals surface area (Å²) in [5.74, 6) is 0.835. The number of piperazine rings is 1. The molecule has 0 radical (unpaired) electrons. The molecule has 1 unspecified atom stereocenters. The van der Waals surface area contributed by atoms with E-state index >= 15 is 0 Å². The third kappa shape index (κ3) is 2.78. The summed E-state index contributed by atoms with van der Waals surface area (Å²) in [5.41, 5.74) is 0.490. The van der Waals surface area contributed by atoms with E-state index in [-0.39, 0.29) is 0 Å². The molecule has 94 valence electrons. The maximum Gasteiger partial charge on any atom is 0.0309 e. The lowest BCUT2D eigenvalue weighted by molar-refractivity contribution is 0.0849. The lowest BCUT2D eigenvalue weighted by atomic mass is 9.92. The largest absolute Gasteiger partial charge is 0.308 e. The van der Waals surface area contributed by atoms with Crippen LogP contribution in [0, 0.1) is 5.92 Å². The molecule has 1 atom stereocenters. The summed E-state index contributed by atoms with van der Waals surface area (Å²) in [6, 6.07) is 0.727. The van der Waals surface area contributed by atoms with Crippen LogP contribution in [0.5, 0.6) is 0 Å². The van der Waals surface area contributed by atoms with Crippen LogP contribution in [0.15, 0.2) is 0 Å². The van der Waals surface area contributed by atoms with Crippen LogP contribution >= 0.6 is 0 Å². The Kier molecular flexibility index (Phi) is 3.91. The van der Waals surface area contributed by atoms with Crippen LogP contribution in [0.1, 0.15) is 52.9 Å². The molecule has 0 aromatic rings. The van der Waals surface area contributed by atoms with Crippen molar-refractivity contribution in [3.63, 3.8) is 0 Å². The standard InChI is InChI=1S/C14H28N2/c1-12(2)6-9-16-11-14(7-4-5-8-14)15-10-13(16)3/h12-13,15H,4-11H2,1-3H3. The molecule has 2 rings (SSSR count). The third-order valence-electron chi connectivity index (χ3n) is 4.46. The average molecular weight is 224 g/mol. The Balaban J connectivity index is 1.89. The maximum absolute atomic E-state index is 3.82. The zero-order chi connectivity index (χ0) is 11.6. The molecule has 1 aliphatic carbocycles. The maximum atomic E-state index is 3.82. The SMILES string of the molecule is CC(C)CCN1CC2(CCCC2)NCC1C. The van der Waals surface area contributed by atoms with Gasteiger partial charge in [0.1, 0.15) is 0 Å². The lowest BCUT2D eigenvalue weighted by Gasteiger charge is -2.45. The Bertz CT molecular complexity index is 219. The Labute approximate surface area is 101 Å². The molecule has 2 nitrogen and oxygen atoms in total. The van der Waals surface area contributed by atoms with Gasteiger partial charge >= 0.3 is 0 Å². The number of hydrogen-bond acceptors (Lipinski definition) is 2. The zero-order valence-electron chi connectivity index (χ0n) is 11.3. The second-order valence-electron chi connectivity index (χ2n) is 6.37. The van der Waals surface area contributed by atoms with Crippen LogP contribution < -0.4 is 5.32 Å². The van der Waals surface area contributed by atoms with E-state index in [1.807, 2.05) is 0 Å². The summed E-state index contributed by atoms with van der Waals surface area (Å²) in [6.07, 6.45) is 7.01. The number of nitrogens with one attached hydrogen (secondary N) is 1. The molecule has 1 saturated carbocycles. The molecule has 2 fully saturated rings. The summed E-state index contributed by atoms with van der Waals surface area (Å²) in [6.45, 7) is 10.8. The fourth-order valence-corrected chi connectivity index (χ4v) is 3.20. The van der Waals surface area contributed by atoms with Gasteiger partial charge in [0.15, 0.2) is 0 Å². The molecule has 0 aromatic heterocycles. The van der Waals surface area contributed by atoms with Gasteiger partial charge in [-0.05, 0) is 38.6 Å². The van der Waals surface area contributed by atoms with Gasteiger partial charge in [-0.25, -0.2) is 0 Å². The predicted molar refractivity (Wildman–Crippen MR) is 69.7 cm³/mol. The van der Waals surface area contributed by atoms with E-state index in [4.69, 9.17) is 0 Å². The van der Waals surface area contributed by atoms with Crippen molar-refractivity contribution in [3.8, 4) is 0 Å². The first-order valence-electron chi connectivity index (χ1n) is 7.10. The smallest absolute Gasteiger partial charge is 0.0309 e. The van der Waals surface area contributed by atoms with E-state index in [9.17, 15) is 0 Å². The molecule has 1 N–H and O–H groups in total. The first kappa shape index (κ1) is 12.4. The quantitative estimate of drug-likeness (QED) is 0.793. The van der Waals surface area contributed by atoms with Gasteiger partial charge in [0, 0.05) is 24.7 Å². The first-order valence-corrected chi connectivity index (χ1v) is 7.10. The highest BCUT2D eigenvalue weighted by Gasteiger charge is 2.39. The van der Waals surface area contributed by atoms with E-state index in [1.54, 1.807) is 0 Å². The molecular weight excluding hydrogens is 196 g/mol. The molecule has 0 amide bonds. The molecule has 1 saturated heterocycles. The lowest BCUT2D eigenvalue weighted by Crippen LogP contribution is -2.62. The molecule has 16 heavy (non-hydrogen) atoms. The molecule has 1 heterocycles.